The number of aromatic nitrogens is 2. The molecule has 0 bridgehead atoms. The Bertz CT molecular complexity index is 917. The molecule has 1 aliphatic heterocycles. The number of nitrogens with zero attached hydrogens (tertiary/aromatic N) is 3. The van der Waals surface area contributed by atoms with E-state index in [1.54, 1.807) is 4.68 Å². The van der Waals surface area contributed by atoms with E-state index in [0.717, 1.165) is 43.6 Å². The zero-order valence-electron chi connectivity index (χ0n) is 17.3. The van der Waals surface area contributed by atoms with E-state index in [2.05, 4.69) is 5.10 Å². The Balaban J connectivity index is 1.29. The number of carbonyl (C=O) groups excluding carboxylic acids is 2. The van der Waals surface area contributed by atoms with Gasteiger partial charge in [0.2, 0.25) is 0 Å². The summed E-state index contributed by atoms with van der Waals surface area (Å²) in [6, 6.07) is 11.8. The van der Waals surface area contributed by atoms with Crippen LogP contribution in [0, 0.1) is 5.92 Å². The summed E-state index contributed by atoms with van der Waals surface area (Å²) >= 11 is 0. The zero-order chi connectivity index (χ0) is 20.5. The van der Waals surface area contributed by atoms with E-state index in [9.17, 15) is 9.59 Å². The SMILES string of the molecule is O=C(OCC(=O)N1CCC[C@H]2CCCC[C@H]21)c1cc(C2CC2)nn1-c1ccccc1. The molecule has 3 fully saturated rings. The molecule has 2 aliphatic carbocycles. The van der Waals surface area contributed by atoms with Crippen molar-refractivity contribution in [2.75, 3.05) is 13.2 Å². The zero-order valence-corrected chi connectivity index (χ0v) is 17.3. The summed E-state index contributed by atoms with van der Waals surface area (Å²) in [6.45, 7) is 0.589. The van der Waals surface area contributed by atoms with Crippen molar-refractivity contribution in [3.8, 4) is 5.69 Å². The average Bonchev–Trinajstić information content (AvgIpc) is 3.55. The number of piperidine rings is 1. The van der Waals surface area contributed by atoms with Crippen LogP contribution >= 0.6 is 0 Å². The third-order valence-corrected chi connectivity index (χ3v) is 6.82. The van der Waals surface area contributed by atoms with Crippen LogP contribution < -0.4 is 0 Å². The van der Waals surface area contributed by atoms with Crippen molar-refractivity contribution in [1.29, 1.82) is 0 Å². The lowest BCUT2D eigenvalue weighted by atomic mass is 9.78. The highest BCUT2D eigenvalue weighted by Crippen LogP contribution is 2.40. The number of rotatable bonds is 5. The van der Waals surface area contributed by atoms with Crippen molar-refractivity contribution in [3.63, 3.8) is 0 Å². The number of esters is 1. The van der Waals surface area contributed by atoms with Crippen LogP contribution in [-0.2, 0) is 9.53 Å². The molecule has 1 saturated heterocycles. The van der Waals surface area contributed by atoms with E-state index < -0.39 is 5.97 Å². The highest BCUT2D eigenvalue weighted by atomic mass is 16.5. The molecule has 2 aromatic rings. The van der Waals surface area contributed by atoms with Gasteiger partial charge < -0.3 is 9.64 Å². The number of carbonyl (C=O) groups is 2. The molecule has 2 saturated carbocycles. The largest absolute Gasteiger partial charge is 0.451 e. The summed E-state index contributed by atoms with van der Waals surface area (Å²) in [6.07, 6.45) is 9.23. The molecule has 30 heavy (non-hydrogen) atoms. The molecule has 1 aromatic carbocycles. The first-order valence-corrected chi connectivity index (χ1v) is 11.3. The normalized spacial score (nSPS) is 23.7. The van der Waals surface area contributed by atoms with Crippen LogP contribution in [0.15, 0.2) is 36.4 Å². The monoisotopic (exact) mass is 407 g/mol. The third kappa shape index (κ3) is 3.87. The maximum atomic E-state index is 12.9. The van der Waals surface area contributed by atoms with Crippen molar-refractivity contribution in [1.82, 2.24) is 14.7 Å². The maximum Gasteiger partial charge on any atom is 0.357 e. The first-order valence-electron chi connectivity index (χ1n) is 11.3. The van der Waals surface area contributed by atoms with Gasteiger partial charge >= 0.3 is 5.97 Å². The minimum atomic E-state index is -0.483. The molecule has 3 aliphatic rings. The Kier molecular flexibility index (Phi) is 5.32. The topological polar surface area (TPSA) is 64.4 Å². The molecular formula is C24H29N3O3. The van der Waals surface area contributed by atoms with E-state index in [-0.39, 0.29) is 12.5 Å². The fraction of sp³-hybridized carbons (Fsp3) is 0.542. The van der Waals surface area contributed by atoms with Crippen LogP contribution in [0.2, 0.25) is 0 Å². The quantitative estimate of drug-likeness (QED) is 0.701. The van der Waals surface area contributed by atoms with E-state index >= 15 is 0 Å². The number of hydrogen-bond acceptors (Lipinski definition) is 4. The third-order valence-electron chi connectivity index (χ3n) is 6.82. The van der Waals surface area contributed by atoms with Crippen LogP contribution in [0.3, 0.4) is 0 Å². The summed E-state index contributed by atoms with van der Waals surface area (Å²) in [5.74, 6) is 0.504. The number of benzene rings is 1. The summed E-state index contributed by atoms with van der Waals surface area (Å²) in [5.41, 5.74) is 2.15. The van der Waals surface area contributed by atoms with Crippen LogP contribution in [0.4, 0.5) is 0 Å². The minimum Gasteiger partial charge on any atom is -0.451 e. The van der Waals surface area contributed by atoms with E-state index in [4.69, 9.17) is 4.74 Å². The Morgan fingerprint density at radius 1 is 1.00 bits per heavy atom. The number of hydrogen-bond donors (Lipinski definition) is 0. The number of fused-ring (bicyclic) bond motifs is 1. The first kappa shape index (κ1) is 19.3. The highest BCUT2D eigenvalue weighted by Gasteiger charge is 2.36. The standard InChI is InChI=1S/C24H29N3O3/c28-23(26-14-6-8-18-7-4-5-11-21(18)26)16-30-24(29)22-15-20(17-12-13-17)25-27(22)19-9-2-1-3-10-19/h1-3,9-10,15,17-18,21H,4-8,11-14,16H2/t18-,21-/m1/s1. The number of para-hydroxylation sites is 1. The van der Waals surface area contributed by atoms with Crippen molar-refractivity contribution < 1.29 is 14.3 Å². The van der Waals surface area contributed by atoms with Gasteiger partial charge in [-0.15, -0.1) is 0 Å². The molecule has 1 aromatic heterocycles. The molecule has 0 unspecified atom stereocenters. The van der Waals surface area contributed by atoms with Gasteiger partial charge in [-0.2, -0.15) is 5.10 Å². The lowest BCUT2D eigenvalue weighted by Gasteiger charge is -2.44. The van der Waals surface area contributed by atoms with Gasteiger partial charge in [-0.25, -0.2) is 9.48 Å². The molecule has 5 rings (SSSR count). The minimum absolute atomic E-state index is 0.0619. The molecule has 2 heterocycles. The van der Waals surface area contributed by atoms with E-state index in [1.807, 2.05) is 41.3 Å². The second-order valence-corrected chi connectivity index (χ2v) is 8.89. The van der Waals surface area contributed by atoms with Gasteiger partial charge in [-0.1, -0.05) is 31.0 Å². The van der Waals surface area contributed by atoms with Crippen LogP contribution in [-0.4, -0.2) is 45.8 Å². The van der Waals surface area contributed by atoms with Gasteiger partial charge in [0.25, 0.3) is 5.91 Å². The van der Waals surface area contributed by atoms with E-state index in [0.29, 0.717) is 23.6 Å². The Hall–Kier alpha value is -2.63. The summed E-state index contributed by atoms with van der Waals surface area (Å²) in [4.78, 5) is 27.8. The van der Waals surface area contributed by atoms with Gasteiger partial charge in [0, 0.05) is 18.5 Å². The van der Waals surface area contributed by atoms with Crippen molar-refractivity contribution in [3.05, 3.63) is 47.8 Å². The van der Waals surface area contributed by atoms with Crippen molar-refractivity contribution in [2.24, 2.45) is 5.92 Å². The smallest absolute Gasteiger partial charge is 0.357 e. The molecule has 6 nitrogen and oxygen atoms in total. The van der Waals surface area contributed by atoms with Gasteiger partial charge in [-0.3, -0.25) is 4.79 Å². The van der Waals surface area contributed by atoms with Crippen LogP contribution in [0.5, 0.6) is 0 Å². The summed E-state index contributed by atoms with van der Waals surface area (Å²) < 4.78 is 7.16. The maximum absolute atomic E-state index is 12.9. The highest BCUT2D eigenvalue weighted by molar-refractivity contribution is 5.90. The molecule has 0 N–H and O–H groups in total. The second kappa shape index (κ2) is 8.25. The summed E-state index contributed by atoms with van der Waals surface area (Å²) in [7, 11) is 0. The molecule has 1 amide bonds. The van der Waals surface area contributed by atoms with Crippen molar-refractivity contribution >= 4 is 11.9 Å². The second-order valence-electron chi connectivity index (χ2n) is 8.89. The lowest BCUT2D eigenvalue weighted by molar-refractivity contribution is -0.140. The van der Waals surface area contributed by atoms with Gasteiger partial charge in [0.05, 0.1) is 11.4 Å². The van der Waals surface area contributed by atoms with Gasteiger partial charge in [0.1, 0.15) is 0 Å². The van der Waals surface area contributed by atoms with Gasteiger partial charge in [-0.05, 0) is 62.6 Å². The van der Waals surface area contributed by atoms with Crippen LogP contribution in [0.25, 0.3) is 5.69 Å². The molecule has 6 heteroatoms. The van der Waals surface area contributed by atoms with Gasteiger partial charge in [0.15, 0.2) is 12.3 Å². The Morgan fingerprint density at radius 2 is 1.77 bits per heavy atom. The molecule has 2 atom stereocenters. The lowest BCUT2D eigenvalue weighted by Crippen LogP contribution is -2.50. The molecule has 0 radical (unpaired) electrons. The van der Waals surface area contributed by atoms with E-state index in [1.165, 1.54) is 25.7 Å². The fourth-order valence-electron chi connectivity index (χ4n) is 5.11. The molecule has 158 valence electrons. The fourth-order valence-corrected chi connectivity index (χ4v) is 5.11. The number of likely N-dealkylation sites (tertiary alicyclic amines) is 1. The molecule has 0 spiro atoms. The summed E-state index contributed by atoms with van der Waals surface area (Å²) in [5, 5.41) is 4.65. The number of amides is 1. The Morgan fingerprint density at radius 3 is 2.57 bits per heavy atom. The Labute approximate surface area is 177 Å². The average molecular weight is 408 g/mol. The van der Waals surface area contributed by atoms with Crippen LogP contribution in [0.1, 0.15) is 73.5 Å². The number of ether oxygens (including phenoxy) is 1. The first-order chi connectivity index (χ1) is 14.7. The predicted molar refractivity (Wildman–Crippen MR) is 113 cm³/mol. The molecular weight excluding hydrogens is 378 g/mol. The predicted octanol–water partition coefficient (Wildman–Crippen LogP) is 4.09. The van der Waals surface area contributed by atoms with Crippen molar-refractivity contribution in [2.45, 2.75) is 63.3 Å².